The Morgan fingerprint density at radius 2 is 1.65 bits per heavy atom. The molecule has 1 fully saturated rings. The number of halogens is 2. The van der Waals surface area contributed by atoms with E-state index in [1.54, 1.807) is 37.3 Å². The van der Waals surface area contributed by atoms with E-state index in [2.05, 4.69) is 5.32 Å². The van der Waals surface area contributed by atoms with Crippen molar-refractivity contribution in [2.24, 2.45) is 0 Å². The minimum Gasteiger partial charge on any atom is -0.352 e. The topological polar surface area (TPSA) is 86.8 Å². The number of amides is 2. The minimum absolute atomic E-state index is 0.0258. The second-order valence-corrected chi connectivity index (χ2v) is 12.7. The lowest BCUT2D eigenvalue weighted by molar-refractivity contribution is -0.139. The van der Waals surface area contributed by atoms with Crippen molar-refractivity contribution in [3.63, 3.8) is 0 Å². The van der Waals surface area contributed by atoms with Gasteiger partial charge in [-0.1, -0.05) is 68.1 Å². The van der Waals surface area contributed by atoms with Crippen molar-refractivity contribution in [3.05, 3.63) is 63.6 Å². The summed E-state index contributed by atoms with van der Waals surface area (Å²) in [6, 6.07) is 11.3. The zero-order chi connectivity index (χ0) is 27.3. The molecule has 0 heterocycles. The van der Waals surface area contributed by atoms with E-state index in [1.165, 1.54) is 4.90 Å². The number of hydrogen-bond acceptors (Lipinski definition) is 4. The van der Waals surface area contributed by atoms with E-state index >= 15 is 0 Å². The average molecular weight is 569 g/mol. The summed E-state index contributed by atoms with van der Waals surface area (Å²) in [6.07, 6.45) is 4.99. The Morgan fingerprint density at radius 3 is 2.19 bits per heavy atom. The maximum absolute atomic E-state index is 13.7. The molecule has 1 aliphatic carbocycles. The van der Waals surface area contributed by atoms with Crippen LogP contribution >= 0.6 is 23.2 Å². The van der Waals surface area contributed by atoms with Crippen molar-refractivity contribution in [3.8, 4) is 0 Å². The zero-order valence-electron chi connectivity index (χ0n) is 21.7. The molecule has 2 aromatic rings. The molecule has 2 aromatic carbocycles. The highest BCUT2D eigenvalue weighted by atomic mass is 35.5. The van der Waals surface area contributed by atoms with Gasteiger partial charge in [0.2, 0.25) is 21.8 Å². The summed E-state index contributed by atoms with van der Waals surface area (Å²) in [7, 11) is -3.79. The Hall–Kier alpha value is -2.29. The van der Waals surface area contributed by atoms with E-state index < -0.39 is 28.5 Å². The lowest BCUT2D eigenvalue weighted by atomic mass is 10.0. The highest BCUT2D eigenvalue weighted by Gasteiger charge is 2.31. The molecule has 1 saturated carbocycles. The SMILES string of the molecule is CC(C)c1ccc(N(CC(=O)N(Cc2ccc(Cl)cc2Cl)[C@H](C)C(=O)NC2CCCC2)S(C)(=O)=O)cc1. The molecule has 7 nitrogen and oxygen atoms in total. The van der Waals surface area contributed by atoms with Gasteiger partial charge in [-0.05, 0) is 61.1 Å². The fourth-order valence-corrected chi connectivity index (χ4v) is 5.77. The third-order valence-electron chi connectivity index (χ3n) is 6.75. The molecule has 0 saturated heterocycles. The van der Waals surface area contributed by atoms with Gasteiger partial charge in [-0.25, -0.2) is 8.42 Å². The Bertz CT molecular complexity index is 1210. The molecule has 0 bridgehead atoms. The molecule has 1 aliphatic rings. The van der Waals surface area contributed by atoms with Crippen LogP contribution in [-0.2, 0) is 26.2 Å². The van der Waals surface area contributed by atoms with Crippen LogP contribution in [0.4, 0.5) is 5.69 Å². The monoisotopic (exact) mass is 567 g/mol. The molecule has 0 spiro atoms. The van der Waals surface area contributed by atoms with Crippen LogP contribution in [0.25, 0.3) is 0 Å². The first-order chi connectivity index (χ1) is 17.4. The molecule has 1 N–H and O–H groups in total. The van der Waals surface area contributed by atoms with Crippen molar-refractivity contribution in [2.45, 2.75) is 71.0 Å². The molecular formula is C27H35Cl2N3O4S. The Kier molecular flexibility index (Phi) is 9.89. The number of nitrogens with zero attached hydrogens (tertiary/aromatic N) is 2. The quantitative estimate of drug-likeness (QED) is 0.418. The second kappa shape index (κ2) is 12.5. The number of sulfonamides is 1. The van der Waals surface area contributed by atoms with E-state index in [4.69, 9.17) is 23.2 Å². The van der Waals surface area contributed by atoms with Gasteiger partial charge >= 0.3 is 0 Å². The molecule has 0 aliphatic heterocycles. The molecular weight excluding hydrogens is 533 g/mol. The summed E-state index contributed by atoms with van der Waals surface area (Å²) in [5, 5.41) is 3.85. The smallest absolute Gasteiger partial charge is 0.244 e. The summed E-state index contributed by atoms with van der Waals surface area (Å²) >= 11 is 12.4. The van der Waals surface area contributed by atoms with Crippen LogP contribution in [0, 0.1) is 0 Å². The van der Waals surface area contributed by atoms with Crippen LogP contribution in [0.2, 0.25) is 10.0 Å². The summed E-state index contributed by atoms with van der Waals surface area (Å²) in [6.45, 7) is 5.31. The van der Waals surface area contributed by atoms with Crippen molar-refractivity contribution in [1.82, 2.24) is 10.2 Å². The number of rotatable bonds is 10. The minimum atomic E-state index is -3.79. The van der Waals surface area contributed by atoms with Crippen LogP contribution in [0.1, 0.15) is 63.5 Å². The standard InChI is InChI=1S/C27H35Cl2N3O4S/c1-18(2)20-10-13-24(14-11-20)32(37(4,35)36)17-26(33)31(16-21-9-12-22(28)15-25(21)29)19(3)27(34)30-23-7-5-6-8-23/h9-15,18-19,23H,5-8,16-17H2,1-4H3,(H,30,34)/t19-/m1/s1. The Labute approximate surface area is 230 Å². The molecule has 0 radical (unpaired) electrons. The predicted octanol–water partition coefficient (Wildman–Crippen LogP) is 5.36. The number of hydrogen-bond donors (Lipinski definition) is 1. The van der Waals surface area contributed by atoms with Crippen molar-refractivity contribution < 1.29 is 18.0 Å². The highest BCUT2D eigenvalue weighted by molar-refractivity contribution is 7.92. The first-order valence-corrected chi connectivity index (χ1v) is 15.1. The zero-order valence-corrected chi connectivity index (χ0v) is 24.0. The number of nitrogens with one attached hydrogen (secondary N) is 1. The molecule has 0 unspecified atom stereocenters. The first kappa shape index (κ1) is 29.3. The third kappa shape index (κ3) is 7.85. The number of anilines is 1. The van der Waals surface area contributed by atoms with Gasteiger partial charge < -0.3 is 10.2 Å². The number of carbonyl (C=O) groups excluding carboxylic acids is 2. The average Bonchev–Trinajstić information content (AvgIpc) is 3.34. The summed E-state index contributed by atoms with van der Waals surface area (Å²) in [5.41, 5.74) is 2.04. The first-order valence-electron chi connectivity index (χ1n) is 12.5. The second-order valence-electron chi connectivity index (χ2n) is 9.94. The van der Waals surface area contributed by atoms with Gasteiger partial charge in [0, 0.05) is 22.6 Å². The van der Waals surface area contributed by atoms with Gasteiger partial charge in [-0.2, -0.15) is 0 Å². The highest BCUT2D eigenvalue weighted by Crippen LogP contribution is 2.26. The number of carbonyl (C=O) groups is 2. The van der Waals surface area contributed by atoms with Gasteiger partial charge in [0.1, 0.15) is 12.6 Å². The lowest BCUT2D eigenvalue weighted by Crippen LogP contribution is -2.52. The van der Waals surface area contributed by atoms with Crippen LogP contribution in [0.3, 0.4) is 0 Å². The van der Waals surface area contributed by atoms with Crippen LogP contribution in [0.5, 0.6) is 0 Å². The molecule has 202 valence electrons. The van der Waals surface area contributed by atoms with E-state index in [0.717, 1.165) is 41.8 Å². The maximum Gasteiger partial charge on any atom is 0.244 e. The van der Waals surface area contributed by atoms with E-state index in [1.807, 2.05) is 26.0 Å². The molecule has 0 aromatic heterocycles. The van der Waals surface area contributed by atoms with Gasteiger partial charge in [-0.3, -0.25) is 13.9 Å². The predicted molar refractivity (Wildman–Crippen MR) is 150 cm³/mol. The van der Waals surface area contributed by atoms with Crippen LogP contribution in [-0.4, -0.2) is 50.0 Å². The molecule has 1 atom stereocenters. The van der Waals surface area contributed by atoms with E-state index in [9.17, 15) is 18.0 Å². The molecule has 10 heteroatoms. The summed E-state index contributed by atoms with van der Waals surface area (Å²) in [5.74, 6) is -0.516. The summed E-state index contributed by atoms with van der Waals surface area (Å²) < 4.78 is 26.5. The van der Waals surface area contributed by atoms with Crippen molar-refractivity contribution in [1.29, 1.82) is 0 Å². The van der Waals surface area contributed by atoms with E-state index in [-0.39, 0.29) is 24.4 Å². The lowest BCUT2D eigenvalue weighted by Gasteiger charge is -2.32. The van der Waals surface area contributed by atoms with Crippen molar-refractivity contribution >= 4 is 50.7 Å². The van der Waals surface area contributed by atoms with E-state index in [0.29, 0.717) is 21.3 Å². The summed E-state index contributed by atoms with van der Waals surface area (Å²) in [4.78, 5) is 28.2. The Balaban J connectivity index is 1.90. The van der Waals surface area contributed by atoms with Crippen LogP contribution < -0.4 is 9.62 Å². The van der Waals surface area contributed by atoms with Gasteiger partial charge in [-0.15, -0.1) is 0 Å². The fourth-order valence-electron chi connectivity index (χ4n) is 4.45. The van der Waals surface area contributed by atoms with Gasteiger partial charge in [0.05, 0.1) is 11.9 Å². The molecule has 2 amide bonds. The van der Waals surface area contributed by atoms with Gasteiger partial charge in [0.15, 0.2) is 0 Å². The largest absolute Gasteiger partial charge is 0.352 e. The number of benzene rings is 2. The fraction of sp³-hybridized carbons (Fsp3) is 0.481. The third-order valence-corrected chi connectivity index (χ3v) is 8.48. The van der Waals surface area contributed by atoms with Crippen molar-refractivity contribution in [2.75, 3.05) is 17.1 Å². The maximum atomic E-state index is 13.7. The van der Waals surface area contributed by atoms with Gasteiger partial charge in [0.25, 0.3) is 0 Å². The molecule has 3 rings (SSSR count). The normalized spacial score (nSPS) is 15.0. The Morgan fingerprint density at radius 1 is 1.03 bits per heavy atom. The van der Waals surface area contributed by atoms with Crippen LogP contribution in [0.15, 0.2) is 42.5 Å². The molecule has 37 heavy (non-hydrogen) atoms.